The summed E-state index contributed by atoms with van der Waals surface area (Å²) < 4.78 is 2.07. The molecule has 26 heavy (non-hydrogen) atoms. The fourth-order valence-corrected chi connectivity index (χ4v) is 5.26. The van der Waals surface area contributed by atoms with Crippen LogP contribution in [0.2, 0.25) is 0 Å². The number of aliphatic hydroxyl groups is 1. The van der Waals surface area contributed by atoms with E-state index in [1.54, 1.807) is 6.20 Å². The predicted molar refractivity (Wildman–Crippen MR) is 99.1 cm³/mol. The first kappa shape index (κ1) is 16.2. The molecule has 5 rings (SSSR count). The van der Waals surface area contributed by atoms with Gasteiger partial charge in [0.1, 0.15) is 0 Å². The molecule has 138 valence electrons. The van der Waals surface area contributed by atoms with Crippen molar-refractivity contribution in [1.82, 2.24) is 19.5 Å². The van der Waals surface area contributed by atoms with Crippen LogP contribution in [0.4, 0.5) is 5.95 Å². The molecule has 1 saturated heterocycles. The lowest BCUT2D eigenvalue weighted by molar-refractivity contribution is 0.0358. The molecule has 2 aromatic heterocycles. The van der Waals surface area contributed by atoms with Gasteiger partial charge in [-0.2, -0.15) is 0 Å². The summed E-state index contributed by atoms with van der Waals surface area (Å²) in [6.07, 6.45) is 11.9. The molecular weight excluding hydrogens is 326 g/mol. The molecule has 0 amide bonds. The summed E-state index contributed by atoms with van der Waals surface area (Å²) in [6.45, 7) is 4.11. The highest BCUT2D eigenvalue weighted by atomic mass is 16.3. The van der Waals surface area contributed by atoms with Gasteiger partial charge < -0.3 is 14.6 Å². The van der Waals surface area contributed by atoms with Crippen molar-refractivity contribution in [1.29, 1.82) is 0 Å². The number of hydrogen-bond donors (Lipinski definition) is 1. The Morgan fingerprint density at radius 3 is 2.69 bits per heavy atom. The predicted octanol–water partition coefficient (Wildman–Crippen LogP) is 2.31. The van der Waals surface area contributed by atoms with Crippen molar-refractivity contribution in [2.24, 2.45) is 11.8 Å². The van der Waals surface area contributed by atoms with Crippen LogP contribution in [0.3, 0.4) is 0 Å². The van der Waals surface area contributed by atoms with Crippen LogP contribution in [0.25, 0.3) is 0 Å². The van der Waals surface area contributed by atoms with Crippen molar-refractivity contribution < 1.29 is 5.11 Å². The number of aromatic nitrogens is 4. The minimum atomic E-state index is -0.295. The maximum absolute atomic E-state index is 10.6. The van der Waals surface area contributed by atoms with E-state index in [4.69, 9.17) is 9.97 Å². The zero-order chi connectivity index (χ0) is 17.7. The first-order chi connectivity index (χ1) is 12.7. The highest BCUT2D eigenvalue weighted by Crippen LogP contribution is 2.42. The number of imidazole rings is 1. The van der Waals surface area contributed by atoms with Crippen LogP contribution >= 0.6 is 0 Å². The van der Waals surface area contributed by atoms with Crippen molar-refractivity contribution in [2.45, 2.75) is 57.6 Å². The molecule has 1 aliphatic heterocycles. The van der Waals surface area contributed by atoms with Gasteiger partial charge in [0.25, 0.3) is 0 Å². The molecule has 6 heteroatoms. The molecular formula is C20H27N5O. The van der Waals surface area contributed by atoms with Crippen molar-refractivity contribution in [3.63, 3.8) is 0 Å². The second-order valence-electron chi connectivity index (χ2n) is 8.28. The first-order valence-corrected chi connectivity index (χ1v) is 9.96. The molecule has 1 N–H and O–H groups in total. The molecule has 0 spiro atoms. The summed E-state index contributed by atoms with van der Waals surface area (Å²) in [6, 6.07) is 0.143. The van der Waals surface area contributed by atoms with E-state index >= 15 is 0 Å². The van der Waals surface area contributed by atoms with Crippen LogP contribution in [0.1, 0.15) is 48.7 Å². The lowest BCUT2D eigenvalue weighted by atomic mass is 9.77. The van der Waals surface area contributed by atoms with E-state index in [0.29, 0.717) is 11.8 Å². The molecule has 3 aliphatic rings. The monoisotopic (exact) mass is 353 g/mol. The Hall–Kier alpha value is -1.95. The van der Waals surface area contributed by atoms with Gasteiger partial charge in [0.15, 0.2) is 0 Å². The van der Waals surface area contributed by atoms with Crippen LogP contribution in [0.5, 0.6) is 0 Å². The minimum absolute atomic E-state index is 0.143. The third-order valence-electron chi connectivity index (χ3n) is 6.68. The third-order valence-corrected chi connectivity index (χ3v) is 6.68. The van der Waals surface area contributed by atoms with Crippen LogP contribution in [0.15, 0.2) is 18.7 Å². The number of aliphatic hydroxyl groups excluding tert-OH is 1. The Kier molecular flexibility index (Phi) is 3.96. The van der Waals surface area contributed by atoms with E-state index in [2.05, 4.69) is 21.4 Å². The smallest absolute Gasteiger partial charge is 0.225 e. The molecule has 0 unspecified atom stereocenters. The number of anilines is 1. The maximum atomic E-state index is 10.6. The van der Waals surface area contributed by atoms with Gasteiger partial charge >= 0.3 is 0 Å². The molecule has 0 aromatic carbocycles. The molecule has 0 radical (unpaired) electrons. The second-order valence-corrected chi connectivity index (χ2v) is 8.28. The van der Waals surface area contributed by atoms with E-state index < -0.39 is 0 Å². The summed E-state index contributed by atoms with van der Waals surface area (Å²) in [5.41, 5.74) is 3.81. The van der Waals surface area contributed by atoms with Crippen molar-refractivity contribution >= 4 is 5.95 Å². The molecule has 3 heterocycles. The second kappa shape index (κ2) is 6.34. The Balaban J connectivity index is 1.37. The van der Waals surface area contributed by atoms with Crippen molar-refractivity contribution in [2.75, 3.05) is 18.0 Å². The molecule has 2 aromatic rings. The molecule has 6 nitrogen and oxygen atoms in total. The lowest BCUT2D eigenvalue weighted by Crippen LogP contribution is -2.35. The Morgan fingerprint density at radius 2 is 1.88 bits per heavy atom. The molecule has 0 bridgehead atoms. The standard InChI is InChI=1S/C20H27N5O/c1-13-16-4-2-3-5-17(16)23-20(22-13)25-10-14-8-18(24-7-6-21-12-24)19(26)9-15(14)11-25/h6-7,12,14-15,18-19,26H,2-5,8-11H2,1H3/t14-,15+,18-,19-/m1/s1. The summed E-state index contributed by atoms with van der Waals surface area (Å²) in [5, 5.41) is 10.6. The van der Waals surface area contributed by atoms with Gasteiger partial charge in [0.05, 0.1) is 18.5 Å². The fourth-order valence-electron chi connectivity index (χ4n) is 5.26. The fraction of sp³-hybridized carbons (Fsp3) is 0.650. The zero-order valence-corrected chi connectivity index (χ0v) is 15.4. The van der Waals surface area contributed by atoms with Crippen LogP contribution < -0.4 is 4.90 Å². The van der Waals surface area contributed by atoms with E-state index in [-0.39, 0.29) is 12.1 Å². The highest BCUT2D eigenvalue weighted by Gasteiger charge is 2.43. The van der Waals surface area contributed by atoms with Gasteiger partial charge in [-0.25, -0.2) is 15.0 Å². The maximum Gasteiger partial charge on any atom is 0.225 e. The number of nitrogens with zero attached hydrogens (tertiary/aromatic N) is 5. The lowest BCUT2D eigenvalue weighted by Gasteiger charge is -2.35. The van der Waals surface area contributed by atoms with E-state index in [1.807, 2.05) is 12.5 Å². The third kappa shape index (κ3) is 2.71. The molecule has 4 atom stereocenters. The number of aryl methyl sites for hydroxylation is 2. The van der Waals surface area contributed by atoms with Gasteiger partial charge in [-0.15, -0.1) is 0 Å². The Morgan fingerprint density at radius 1 is 1.08 bits per heavy atom. The molecule has 1 saturated carbocycles. The summed E-state index contributed by atoms with van der Waals surface area (Å²) >= 11 is 0. The van der Waals surface area contributed by atoms with Gasteiger partial charge in [-0.1, -0.05) is 0 Å². The van der Waals surface area contributed by atoms with Gasteiger partial charge in [0, 0.05) is 36.9 Å². The quantitative estimate of drug-likeness (QED) is 0.897. The molecule has 2 fully saturated rings. The first-order valence-electron chi connectivity index (χ1n) is 9.96. The van der Waals surface area contributed by atoms with E-state index in [9.17, 15) is 5.11 Å². The normalized spacial score (nSPS) is 30.9. The van der Waals surface area contributed by atoms with Crippen molar-refractivity contribution in [3.05, 3.63) is 35.7 Å². The summed E-state index contributed by atoms with van der Waals surface area (Å²) in [4.78, 5) is 16.3. The average molecular weight is 353 g/mol. The van der Waals surface area contributed by atoms with Gasteiger partial charge in [-0.3, -0.25) is 0 Å². The van der Waals surface area contributed by atoms with Crippen LogP contribution in [0, 0.1) is 18.8 Å². The highest BCUT2D eigenvalue weighted by molar-refractivity contribution is 5.39. The van der Waals surface area contributed by atoms with E-state index in [1.165, 1.54) is 24.1 Å². The largest absolute Gasteiger partial charge is 0.391 e. The minimum Gasteiger partial charge on any atom is -0.391 e. The van der Waals surface area contributed by atoms with Crippen LogP contribution in [-0.2, 0) is 12.8 Å². The van der Waals surface area contributed by atoms with E-state index in [0.717, 1.165) is 50.4 Å². The zero-order valence-electron chi connectivity index (χ0n) is 15.4. The summed E-state index contributed by atoms with van der Waals surface area (Å²) in [7, 11) is 0. The van der Waals surface area contributed by atoms with Gasteiger partial charge in [-0.05, 0) is 62.8 Å². The Labute approximate surface area is 154 Å². The number of fused-ring (bicyclic) bond motifs is 2. The number of rotatable bonds is 2. The average Bonchev–Trinajstić information content (AvgIpc) is 3.30. The Bertz CT molecular complexity index is 790. The molecule has 2 aliphatic carbocycles. The summed E-state index contributed by atoms with van der Waals surface area (Å²) in [5.74, 6) is 2.03. The van der Waals surface area contributed by atoms with Gasteiger partial charge in [0.2, 0.25) is 5.95 Å². The van der Waals surface area contributed by atoms with Crippen LogP contribution in [-0.4, -0.2) is 43.8 Å². The topological polar surface area (TPSA) is 67.1 Å². The van der Waals surface area contributed by atoms with Crippen molar-refractivity contribution in [3.8, 4) is 0 Å². The SMILES string of the molecule is Cc1nc(N2C[C@H]3C[C@@H](n4ccnc4)[C@H](O)C[C@H]3C2)nc2c1CCCC2. The number of hydrogen-bond acceptors (Lipinski definition) is 5.